The molecule has 0 amide bonds. The van der Waals surface area contributed by atoms with Gasteiger partial charge in [0.2, 0.25) is 0 Å². The minimum absolute atomic E-state index is 0.227. The minimum Gasteiger partial charge on any atom is -0.496 e. The second-order valence-electron chi connectivity index (χ2n) is 3.27. The second kappa shape index (κ2) is 6.49. The van der Waals surface area contributed by atoms with Gasteiger partial charge in [0.05, 0.1) is 18.0 Å². The maximum Gasteiger partial charge on any atom is 0.134 e. The van der Waals surface area contributed by atoms with Crippen LogP contribution in [0.15, 0.2) is 11.4 Å². The number of terminal acetylenes is 1. The summed E-state index contributed by atoms with van der Waals surface area (Å²) >= 11 is 1.69. The van der Waals surface area contributed by atoms with E-state index in [1.165, 1.54) is 4.88 Å². The van der Waals surface area contributed by atoms with Crippen LogP contribution in [0.1, 0.15) is 30.7 Å². The zero-order valence-corrected chi connectivity index (χ0v) is 10.1. The van der Waals surface area contributed by atoms with Gasteiger partial charge < -0.3 is 10.1 Å². The van der Waals surface area contributed by atoms with E-state index in [-0.39, 0.29) is 6.04 Å². The summed E-state index contributed by atoms with van der Waals surface area (Å²) in [6, 6.07) is 2.21. The Balaban J connectivity index is 2.74. The molecule has 1 atom stereocenters. The summed E-state index contributed by atoms with van der Waals surface area (Å²) in [6.45, 7) is 3.12. The molecule has 2 nitrogen and oxygen atoms in total. The Bertz CT molecular complexity index is 327. The van der Waals surface area contributed by atoms with Crippen molar-refractivity contribution in [2.45, 2.75) is 25.8 Å². The van der Waals surface area contributed by atoms with Crippen molar-refractivity contribution in [1.82, 2.24) is 5.32 Å². The molecule has 0 spiro atoms. The minimum atomic E-state index is 0.227. The van der Waals surface area contributed by atoms with E-state index in [1.54, 1.807) is 18.4 Å². The molecule has 1 aromatic rings. The van der Waals surface area contributed by atoms with Gasteiger partial charge in [-0.1, -0.05) is 6.92 Å². The third-order valence-corrected chi connectivity index (χ3v) is 3.17. The van der Waals surface area contributed by atoms with Gasteiger partial charge in [-0.05, 0) is 24.4 Å². The maximum atomic E-state index is 5.37. The average Bonchev–Trinajstić information content (AvgIpc) is 2.72. The van der Waals surface area contributed by atoms with Crippen molar-refractivity contribution in [2.24, 2.45) is 0 Å². The summed E-state index contributed by atoms with van der Waals surface area (Å²) in [5, 5.41) is 5.47. The highest BCUT2D eigenvalue weighted by Gasteiger charge is 2.15. The number of ether oxygens (including phenoxy) is 1. The van der Waals surface area contributed by atoms with Crippen LogP contribution in [0.25, 0.3) is 0 Å². The van der Waals surface area contributed by atoms with Crippen LogP contribution in [0.5, 0.6) is 5.75 Å². The number of methoxy groups -OCH3 is 1. The highest BCUT2D eigenvalue weighted by molar-refractivity contribution is 7.10. The van der Waals surface area contributed by atoms with Crippen molar-refractivity contribution in [3.8, 4) is 18.1 Å². The zero-order valence-electron chi connectivity index (χ0n) is 9.25. The van der Waals surface area contributed by atoms with Crippen LogP contribution in [-0.4, -0.2) is 13.7 Å². The van der Waals surface area contributed by atoms with Crippen LogP contribution < -0.4 is 10.1 Å². The van der Waals surface area contributed by atoms with Crippen LogP contribution in [0, 0.1) is 12.3 Å². The summed E-state index contributed by atoms with van der Waals surface area (Å²) in [5.41, 5.74) is 0. The first-order valence-corrected chi connectivity index (χ1v) is 5.99. The number of hydrogen-bond donors (Lipinski definition) is 1. The summed E-state index contributed by atoms with van der Waals surface area (Å²) in [5.74, 6) is 3.64. The molecule has 0 saturated carbocycles. The molecule has 0 aliphatic heterocycles. The Morgan fingerprint density at radius 1 is 1.67 bits per heavy atom. The first kappa shape index (κ1) is 12.1. The summed E-state index contributed by atoms with van der Waals surface area (Å²) in [6.07, 6.45) is 7.18. The molecule has 0 saturated heterocycles. The largest absolute Gasteiger partial charge is 0.496 e. The zero-order chi connectivity index (χ0) is 11.1. The van der Waals surface area contributed by atoms with Crippen LogP contribution >= 0.6 is 11.3 Å². The molecule has 1 rings (SSSR count). The van der Waals surface area contributed by atoms with Crippen molar-refractivity contribution in [3.63, 3.8) is 0 Å². The van der Waals surface area contributed by atoms with E-state index < -0.39 is 0 Å². The highest BCUT2D eigenvalue weighted by Crippen LogP contribution is 2.32. The lowest BCUT2D eigenvalue weighted by molar-refractivity contribution is 0.403. The molecule has 0 bridgehead atoms. The van der Waals surface area contributed by atoms with E-state index in [1.807, 2.05) is 11.4 Å². The van der Waals surface area contributed by atoms with Gasteiger partial charge in [0, 0.05) is 6.42 Å². The Kier molecular flexibility index (Phi) is 5.23. The second-order valence-corrected chi connectivity index (χ2v) is 4.22. The Labute approximate surface area is 95.7 Å². The molecule has 1 N–H and O–H groups in total. The Hall–Kier alpha value is -0.980. The molecule has 0 radical (unpaired) electrons. The van der Waals surface area contributed by atoms with E-state index >= 15 is 0 Å². The van der Waals surface area contributed by atoms with E-state index in [4.69, 9.17) is 11.2 Å². The van der Waals surface area contributed by atoms with Gasteiger partial charge >= 0.3 is 0 Å². The topological polar surface area (TPSA) is 21.3 Å². The van der Waals surface area contributed by atoms with Gasteiger partial charge in [0.25, 0.3) is 0 Å². The van der Waals surface area contributed by atoms with Crippen molar-refractivity contribution in [3.05, 3.63) is 16.3 Å². The van der Waals surface area contributed by atoms with E-state index in [9.17, 15) is 0 Å². The van der Waals surface area contributed by atoms with Gasteiger partial charge in [0.15, 0.2) is 0 Å². The Morgan fingerprint density at radius 3 is 3.07 bits per heavy atom. The molecule has 3 heteroatoms. The summed E-state index contributed by atoms with van der Waals surface area (Å²) in [4.78, 5) is 1.20. The summed E-state index contributed by atoms with van der Waals surface area (Å²) < 4.78 is 5.29. The Morgan fingerprint density at radius 2 is 2.47 bits per heavy atom. The molecular weight excluding hydrogens is 206 g/mol. The molecule has 0 aliphatic rings. The van der Waals surface area contributed by atoms with Crippen LogP contribution in [0.2, 0.25) is 0 Å². The monoisotopic (exact) mass is 223 g/mol. The fraction of sp³-hybridized carbons (Fsp3) is 0.500. The smallest absolute Gasteiger partial charge is 0.134 e. The van der Waals surface area contributed by atoms with Crippen LogP contribution in [-0.2, 0) is 0 Å². The van der Waals surface area contributed by atoms with E-state index in [0.717, 1.165) is 18.7 Å². The van der Waals surface area contributed by atoms with Gasteiger partial charge in [-0.25, -0.2) is 0 Å². The fourth-order valence-corrected chi connectivity index (χ4v) is 2.36. The van der Waals surface area contributed by atoms with E-state index in [0.29, 0.717) is 6.42 Å². The molecule has 0 fully saturated rings. The number of nitrogens with one attached hydrogen (secondary N) is 1. The average molecular weight is 223 g/mol. The first-order chi connectivity index (χ1) is 7.33. The highest BCUT2D eigenvalue weighted by atomic mass is 32.1. The third kappa shape index (κ3) is 3.26. The number of thiophene rings is 1. The lowest BCUT2D eigenvalue weighted by Crippen LogP contribution is -2.21. The van der Waals surface area contributed by atoms with Crippen molar-refractivity contribution < 1.29 is 4.74 Å². The molecule has 0 aromatic carbocycles. The van der Waals surface area contributed by atoms with Crippen molar-refractivity contribution in [2.75, 3.05) is 13.7 Å². The quantitative estimate of drug-likeness (QED) is 0.749. The molecule has 0 aliphatic carbocycles. The summed E-state index contributed by atoms with van der Waals surface area (Å²) in [7, 11) is 1.69. The predicted molar refractivity (Wildman–Crippen MR) is 65.4 cm³/mol. The lowest BCUT2D eigenvalue weighted by Gasteiger charge is -2.15. The SMILES string of the molecule is C#CCC(NCCC)c1sccc1OC. The third-order valence-electron chi connectivity index (χ3n) is 2.16. The molecule has 1 heterocycles. The predicted octanol–water partition coefficient (Wildman–Crippen LogP) is 2.82. The fourth-order valence-electron chi connectivity index (χ4n) is 1.43. The molecular formula is C12H17NOS. The standard InChI is InChI=1S/C12H17NOS/c1-4-6-10(13-8-5-2)12-11(14-3)7-9-15-12/h1,7,9-10,13H,5-6,8H2,2-3H3. The lowest BCUT2D eigenvalue weighted by atomic mass is 10.1. The number of hydrogen-bond acceptors (Lipinski definition) is 3. The molecule has 82 valence electrons. The van der Waals surface area contributed by atoms with Crippen molar-refractivity contribution in [1.29, 1.82) is 0 Å². The van der Waals surface area contributed by atoms with Crippen molar-refractivity contribution >= 4 is 11.3 Å². The van der Waals surface area contributed by atoms with Gasteiger partial charge in [-0.3, -0.25) is 0 Å². The van der Waals surface area contributed by atoms with E-state index in [2.05, 4.69) is 18.2 Å². The van der Waals surface area contributed by atoms with Crippen LogP contribution in [0.4, 0.5) is 0 Å². The van der Waals surface area contributed by atoms with Crippen LogP contribution in [0.3, 0.4) is 0 Å². The maximum absolute atomic E-state index is 5.37. The van der Waals surface area contributed by atoms with Gasteiger partial charge in [-0.15, -0.1) is 23.7 Å². The normalized spacial score (nSPS) is 12.1. The first-order valence-electron chi connectivity index (χ1n) is 5.11. The van der Waals surface area contributed by atoms with Gasteiger partial charge in [-0.2, -0.15) is 0 Å². The van der Waals surface area contributed by atoms with Gasteiger partial charge in [0.1, 0.15) is 5.75 Å². The molecule has 1 aromatic heterocycles. The molecule has 1 unspecified atom stereocenters. The molecule has 15 heavy (non-hydrogen) atoms. The number of rotatable bonds is 6.